The molecule has 1 amide bonds. The summed E-state index contributed by atoms with van der Waals surface area (Å²) in [6, 6.07) is 0.729. The Hall–Kier alpha value is -0.650. The van der Waals surface area contributed by atoms with Crippen molar-refractivity contribution in [1.82, 2.24) is 15.1 Å². The van der Waals surface area contributed by atoms with Crippen LogP contribution in [0.3, 0.4) is 0 Å². The molecule has 5 nitrogen and oxygen atoms in total. The molecule has 4 fully saturated rings. The van der Waals surface area contributed by atoms with E-state index in [1.165, 1.54) is 38.8 Å². The second kappa shape index (κ2) is 6.10. The van der Waals surface area contributed by atoms with E-state index in [-0.39, 0.29) is 0 Å². The first-order chi connectivity index (χ1) is 10.8. The van der Waals surface area contributed by atoms with Crippen molar-refractivity contribution in [2.24, 2.45) is 11.3 Å². The van der Waals surface area contributed by atoms with E-state index in [1.54, 1.807) is 0 Å². The minimum atomic E-state index is 0.336. The summed E-state index contributed by atoms with van der Waals surface area (Å²) in [5, 5.41) is 3.33. The Bertz CT molecular complexity index is 408. The third-order valence-corrected chi connectivity index (χ3v) is 6.42. The highest BCUT2D eigenvalue weighted by Gasteiger charge is 2.59. The first kappa shape index (κ1) is 14.9. The van der Waals surface area contributed by atoms with E-state index in [0.29, 0.717) is 17.2 Å². The third kappa shape index (κ3) is 2.79. The molecule has 4 aliphatic rings. The average molecular weight is 307 g/mol. The molecule has 1 aliphatic carbocycles. The van der Waals surface area contributed by atoms with Crippen LogP contribution in [0.5, 0.6) is 0 Å². The topological polar surface area (TPSA) is 44.8 Å². The zero-order valence-corrected chi connectivity index (χ0v) is 13.6. The zero-order chi connectivity index (χ0) is 15.0. The summed E-state index contributed by atoms with van der Waals surface area (Å²) in [4.78, 5) is 17.4. The van der Waals surface area contributed by atoms with Crippen molar-refractivity contribution >= 4 is 5.91 Å². The van der Waals surface area contributed by atoms with Crippen molar-refractivity contribution in [3.8, 4) is 0 Å². The first-order valence-corrected chi connectivity index (χ1v) is 9.10. The smallest absolute Gasteiger partial charge is 0.226 e. The molecule has 0 aromatic carbocycles. The summed E-state index contributed by atoms with van der Waals surface area (Å²) in [5.41, 5.74) is 0.365. The second-order valence-corrected chi connectivity index (χ2v) is 7.57. The van der Waals surface area contributed by atoms with Gasteiger partial charge in [0, 0.05) is 51.4 Å². The Balaban J connectivity index is 1.29. The quantitative estimate of drug-likeness (QED) is 0.816. The number of piperazine rings is 1. The number of hydrogen-bond donors (Lipinski definition) is 1. The van der Waals surface area contributed by atoms with Gasteiger partial charge in [0.25, 0.3) is 0 Å². The van der Waals surface area contributed by atoms with E-state index in [9.17, 15) is 4.79 Å². The molecule has 3 aliphatic heterocycles. The van der Waals surface area contributed by atoms with E-state index < -0.39 is 0 Å². The highest BCUT2D eigenvalue weighted by atomic mass is 16.5. The van der Waals surface area contributed by atoms with Crippen molar-refractivity contribution in [1.29, 1.82) is 0 Å². The molecule has 0 aromatic rings. The lowest BCUT2D eigenvalue weighted by Gasteiger charge is -2.40. The number of nitrogens with one attached hydrogen (secondary N) is 1. The van der Waals surface area contributed by atoms with Gasteiger partial charge in [0.1, 0.15) is 0 Å². The molecular weight excluding hydrogens is 278 g/mol. The van der Waals surface area contributed by atoms with Gasteiger partial charge < -0.3 is 19.9 Å². The van der Waals surface area contributed by atoms with Crippen LogP contribution in [0.4, 0.5) is 0 Å². The number of hydrogen-bond acceptors (Lipinski definition) is 4. The first-order valence-electron chi connectivity index (χ1n) is 9.10. The highest BCUT2D eigenvalue weighted by Crippen LogP contribution is 2.60. The third-order valence-electron chi connectivity index (χ3n) is 6.42. The predicted octanol–water partition coefficient (Wildman–Crippen LogP) is 0.699. The van der Waals surface area contributed by atoms with Gasteiger partial charge in [-0.05, 0) is 50.6 Å². The van der Waals surface area contributed by atoms with E-state index in [4.69, 9.17) is 4.74 Å². The highest BCUT2D eigenvalue weighted by molar-refractivity contribution is 5.82. The number of ether oxygens (including phenoxy) is 1. The summed E-state index contributed by atoms with van der Waals surface area (Å²) < 4.78 is 5.48. The summed E-state index contributed by atoms with van der Waals surface area (Å²) in [7, 11) is 0. The monoisotopic (exact) mass is 307 g/mol. The van der Waals surface area contributed by atoms with Crippen LogP contribution in [0.1, 0.15) is 32.1 Å². The molecule has 1 saturated carbocycles. The van der Waals surface area contributed by atoms with Gasteiger partial charge in [0.15, 0.2) is 0 Å². The molecule has 22 heavy (non-hydrogen) atoms. The number of carbonyl (C=O) groups excluding carboxylic acids is 1. The maximum absolute atomic E-state index is 12.7. The van der Waals surface area contributed by atoms with Gasteiger partial charge in [0.2, 0.25) is 5.91 Å². The molecule has 0 radical (unpaired) electrons. The van der Waals surface area contributed by atoms with Gasteiger partial charge in [-0.1, -0.05) is 0 Å². The van der Waals surface area contributed by atoms with Crippen LogP contribution >= 0.6 is 0 Å². The van der Waals surface area contributed by atoms with Gasteiger partial charge in [-0.25, -0.2) is 0 Å². The van der Waals surface area contributed by atoms with Crippen LogP contribution in [-0.2, 0) is 9.53 Å². The van der Waals surface area contributed by atoms with Crippen LogP contribution in [0.2, 0.25) is 0 Å². The van der Waals surface area contributed by atoms with Crippen LogP contribution in [-0.4, -0.2) is 74.2 Å². The molecule has 1 N–H and O–H groups in total. The fraction of sp³-hybridized carbons (Fsp3) is 0.941. The second-order valence-electron chi connectivity index (χ2n) is 7.57. The number of likely N-dealkylation sites (tertiary alicyclic amines) is 1. The van der Waals surface area contributed by atoms with E-state index >= 15 is 0 Å². The molecule has 5 heteroatoms. The summed E-state index contributed by atoms with van der Waals surface area (Å²) >= 11 is 0. The van der Waals surface area contributed by atoms with Crippen LogP contribution in [0.25, 0.3) is 0 Å². The lowest BCUT2D eigenvalue weighted by Crippen LogP contribution is -2.48. The van der Waals surface area contributed by atoms with Crippen molar-refractivity contribution in [2.75, 3.05) is 52.5 Å². The Morgan fingerprint density at radius 2 is 1.73 bits per heavy atom. The number of carbonyl (C=O) groups is 1. The Morgan fingerprint density at radius 3 is 2.41 bits per heavy atom. The molecule has 0 bridgehead atoms. The number of nitrogens with zero attached hydrogens (tertiary/aromatic N) is 2. The normalized spacial score (nSPS) is 33.1. The van der Waals surface area contributed by atoms with Gasteiger partial charge in [-0.15, -0.1) is 0 Å². The Kier molecular flexibility index (Phi) is 4.13. The van der Waals surface area contributed by atoms with Crippen molar-refractivity contribution in [3.05, 3.63) is 0 Å². The fourth-order valence-electron chi connectivity index (χ4n) is 4.74. The molecular formula is C17H29N3O2. The van der Waals surface area contributed by atoms with Crippen LogP contribution in [0, 0.1) is 11.3 Å². The fourth-order valence-corrected chi connectivity index (χ4v) is 4.74. The number of piperidine rings is 1. The van der Waals surface area contributed by atoms with Gasteiger partial charge in [0.05, 0.1) is 0 Å². The van der Waals surface area contributed by atoms with Crippen molar-refractivity contribution in [3.63, 3.8) is 0 Å². The standard InChI is InChI=1S/C17H29N3O2/c21-16(20-9-5-18-6-10-20)15-13-17(15)3-7-19(8-4-17)14-1-11-22-12-2-14/h14-15,18H,1-13H2. The van der Waals surface area contributed by atoms with E-state index in [2.05, 4.69) is 15.1 Å². The number of amides is 1. The molecule has 1 atom stereocenters. The van der Waals surface area contributed by atoms with E-state index in [1.807, 2.05) is 0 Å². The van der Waals surface area contributed by atoms with Crippen molar-refractivity contribution in [2.45, 2.75) is 38.1 Å². The minimum absolute atomic E-state index is 0.336. The lowest BCUT2D eigenvalue weighted by molar-refractivity contribution is -0.134. The molecule has 4 rings (SSSR count). The summed E-state index contributed by atoms with van der Waals surface area (Å²) in [6.07, 6.45) is 5.99. The van der Waals surface area contributed by atoms with Gasteiger partial charge >= 0.3 is 0 Å². The molecule has 3 heterocycles. The van der Waals surface area contributed by atoms with Gasteiger partial charge in [-0.2, -0.15) is 0 Å². The molecule has 124 valence electrons. The average Bonchev–Trinajstić information content (AvgIpc) is 3.30. The SMILES string of the molecule is O=C(C1CC12CCN(C1CCOCC1)CC2)N1CCNCC1. The van der Waals surface area contributed by atoms with E-state index in [0.717, 1.165) is 51.9 Å². The predicted molar refractivity (Wildman–Crippen MR) is 84.6 cm³/mol. The van der Waals surface area contributed by atoms with Crippen molar-refractivity contribution < 1.29 is 9.53 Å². The van der Waals surface area contributed by atoms with Crippen LogP contribution < -0.4 is 5.32 Å². The lowest BCUT2D eigenvalue weighted by atomic mass is 9.89. The summed E-state index contributed by atoms with van der Waals surface area (Å²) in [6.45, 7) is 7.96. The maximum Gasteiger partial charge on any atom is 0.226 e. The number of rotatable bonds is 2. The molecule has 1 spiro atoms. The minimum Gasteiger partial charge on any atom is -0.381 e. The molecule has 1 unspecified atom stereocenters. The Labute approximate surface area is 133 Å². The maximum atomic E-state index is 12.7. The Morgan fingerprint density at radius 1 is 1.05 bits per heavy atom. The summed E-state index contributed by atoms with van der Waals surface area (Å²) in [5.74, 6) is 0.781. The molecule has 0 aromatic heterocycles. The largest absolute Gasteiger partial charge is 0.381 e. The van der Waals surface area contributed by atoms with Gasteiger partial charge in [-0.3, -0.25) is 4.79 Å². The zero-order valence-electron chi connectivity index (χ0n) is 13.6. The molecule has 3 saturated heterocycles. The van der Waals surface area contributed by atoms with Crippen LogP contribution in [0.15, 0.2) is 0 Å².